The Morgan fingerprint density at radius 2 is 2.11 bits per heavy atom. The Morgan fingerprint density at radius 3 is 3.00 bits per heavy atom. The van der Waals surface area contributed by atoms with Gasteiger partial charge in [0.05, 0.1) is 5.92 Å². The average Bonchev–Trinajstić information content (AvgIpc) is 3.18. The lowest BCUT2D eigenvalue weighted by molar-refractivity contribution is -0.120. The lowest BCUT2D eigenvalue weighted by Gasteiger charge is -2.31. The van der Waals surface area contributed by atoms with E-state index < -0.39 is 0 Å². The monoisotopic (exact) mass is 396 g/mol. The Labute approximate surface area is 166 Å². The average molecular weight is 396 g/mol. The molecule has 0 saturated carbocycles. The van der Waals surface area contributed by atoms with Crippen LogP contribution in [-0.4, -0.2) is 42.2 Å². The molecule has 28 heavy (non-hydrogen) atoms. The molecule has 2 aromatic heterocycles. The van der Waals surface area contributed by atoms with E-state index in [1.807, 2.05) is 30.3 Å². The molecule has 2 aliphatic rings. The quantitative estimate of drug-likeness (QED) is 0.732. The summed E-state index contributed by atoms with van der Waals surface area (Å²) in [5.74, 6) is 1.34. The SMILES string of the molecule is O=C(Nc1ccc2c(c1)OCCO2)[C@@H]1CCCN(c2nc3cccnc3s2)C1. The minimum atomic E-state index is -0.0816. The number of ether oxygens (including phenoxy) is 2. The highest BCUT2D eigenvalue weighted by Crippen LogP contribution is 2.34. The van der Waals surface area contributed by atoms with Crippen molar-refractivity contribution >= 4 is 38.4 Å². The second-order valence-corrected chi connectivity index (χ2v) is 7.91. The van der Waals surface area contributed by atoms with Gasteiger partial charge >= 0.3 is 0 Å². The molecule has 0 aliphatic carbocycles. The molecule has 1 fully saturated rings. The third kappa shape index (κ3) is 3.35. The number of thiazole rings is 1. The van der Waals surface area contributed by atoms with E-state index in [-0.39, 0.29) is 11.8 Å². The van der Waals surface area contributed by atoms with Crippen LogP contribution in [0.3, 0.4) is 0 Å². The minimum Gasteiger partial charge on any atom is -0.486 e. The van der Waals surface area contributed by atoms with E-state index in [9.17, 15) is 4.79 Å². The van der Waals surface area contributed by atoms with Gasteiger partial charge in [-0.2, -0.15) is 0 Å². The van der Waals surface area contributed by atoms with Crippen LogP contribution in [0.15, 0.2) is 36.5 Å². The van der Waals surface area contributed by atoms with Crippen molar-refractivity contribution in [3.8, 4) is 11.5 Å². The molecule has 2 aliphatic heterocycles. The predicted octanol–water partition coefficient (Wildman–Crippen LogP) is 3.32. The third-order valence-corrected chi connectivity index (χ3v) is 6.07. The van der Waals surface area contributed by atoms with Crippen LogP contribution >= 0.6 is 11.3 Å². The number of carbonyl (C=O) groups is 1. The Balaban J connectivity index is 1.28. The van der Waals surface area contributed by atoms with Crippen LogP contribution < -0.4 is 19.7 Å². The Hall–Kier alpha value is -2.87. The van der Waals surface area contributed by atoms with Gasteiger partial charge in [0.1, 0.15) is 23.6 Å². The van der Waals surface area contributed by atoms with Gasteiger partial charge in [-0.3, -0.25) is 4.79 Å². The van der Waals surface area contributed by atoms with Crippen LogP contribution in [0.1, 0.15) is 12.8 Å². The van der Waals surface area contributed by atoms with Crippen LogP contribution in [0.5, 0.6) is 11.5 Å². The van der Waals surface area contributed by atoms with E-state index in [0.717, 1.165) is 46.3 Å². The number of hydrogen-bond acceptors (Lipinski definition) is 7. The van der Waals surface area contributed by atoms with Gasteiger partial charge < -0.3 is 19.7 Å². The van der Waals surface area contributed by atoms with Crippen molar-refractivity contribution in [2.45, 2.75) is 12.8 Å². The largest absolute Gasteiger partial charge is 0.486 e. The first-order valence-electron chi connectivity index (χ1n) is 9.43. The summed E-state index contributed by atoms with van der Waals surface area (Å²) in [6.45, 7) is 2.65. The van der Waals surface area contributed by atoms with Gasteiger partial charge in [-0.05, 0) is 37.1 Å². The molecule has 7 nitrogen and oxygen atoms in total. The Kier molecular flexibility index (Phi) is 4.48. The number of benzene rings is 1. The summed E-state index contributed by atoms with van der Waals surface area (Å²) >= 11 is 1.58. The van der Waals surface area contributed by atoms with E-state index in [1.165, 1.54) is 0 Å². The van der Waals surface area contributed by atoms with E-state index in [0.29, 0.717) is 25.5 Å². The topological polar surface area (TPSA) is 76.6 Å². The van der Waals surface area contributed by atoms with Crippen molar-refractivity contribution in [1.29, 1.82) is 0 Å². The number of anilines is 2. The molecule has 0 spiro atoms. The van der Waals surface area contributed by atoms with E-state index in [2.05, 4.69) is 20.2 Å². The van der Waals surface area contributed by atoms with E-state index >= 15 is 0 Å². The molecule has 0 radical (unpaired) electrons. The van der Waals surface area contributed by atoms with Gasteiger partial charge in [-0.1, -0.05) is 11.3 Å². The van der Waals surface area contributed by atoms with Gasteiger partial charge in [0.15, 0.2) is 16.6 Å². The van der Waals surface area contributed by atoms with Crippen molar-refractivity contribution in [3.05, 3.63) is 36.5 Å². The molecule has 4 heterocycles. The van der Waals surface area contributed by atoms with Gasteiger partial charge in [0.2, 0.25) is 5.91 Å². The molecular weight excluding hydrogens is 376 g/mol. The third-order valence-electron chi connectivity index (χ3n) is 5.03. The van der Waals surface area contributed by atoms with Crippen LogP contribution in [0.4, 0.5) is 10.8 Å². The summed E-state index contributed by atoms with van der Waals surface area (Å²) in [5.41, 5.74) is 1.64. The summed E-state index contributed by atoms with van der Waals surface area (Å²) in [7, 11) is 0. The van der Waals surface area contributed by atoms with Crippen molar-refractivity contribution in [1.82, 2.24) is 9.97 Å². The lowest BCUT2D eigenvalue weighted by Crippen LogP contribution is -2.40. The van der Waals surface area contributed by atoms with Gasteiger partial charge in [-0.15, -0.1) is 0 Å². The molecule has 1 aromatic carbocycles. The Morgan fingerprint density at radius 1 is 1.21 bits per heavy atom. The first kappa shape index (κ1) is 17.2. The first-order valence-corrected chi connectivity index (χ1v) is 10.2. The zero-order chi connectivity index (χ0) is 18.9. The van der Waals surface area contributed by atoms with Gasteiger partial charge in [0.25, 0.3) is 0 Å². The zero-order valence-electron chi connectivity index (χ0n) is 15.3. The lowest BCUT2D eigenvalue weighted by atomic mass is 9.97. The second kappa shape index (κ2) is 7.27. The van der Waals surface area contributed by atoms with Crippen molar-refractivity contribution < 1.29 is 14.3 Å². The maximum Gasteiger partial charge on any atom is 0.229 e. The number of rotatable bonds is 3. The number of hydrogen-bond donors (Lipinski definition) is 1. The van der Waals surface area contributed by atoms with E-state index in [4.69, 9.17) is 9.47 Å². The smallest absolute Gasteiger partial charge is 0.229 e. The second-order valence-electron chi connectivity index (χ2n) is 6.96. The fourth-order valence-corrected chi connectivity index (χ4v) is 4.57. The molecule has 3 aromatic rings. The fourth-order valence-electron chi connectivity index (χ4n) is 3.62. The minimum absolute atomic E-state index is 0.0283. The maximum absolute atomic E-state index is 12.8. The first-order chi connectivity index (χ1) is 13.8. The molecular formula is C20H20N4O3S. The summed E-state index contributed by atoms with van der Waals surface area (Å²) in [5, 5.41) is 3.97. The molecule has 1 atom stereocenters. The number of nitrogens with zero attached hydrogens (tertiary/aromatic N) is 3. The molecule has 144 valence electrons. The molecule has 1 amide bonds. The van der Waals surface area contributed by atoms with Crippen LogP contribution in [0.25, 0.3) is 10.3 Å². The summed E-state index contributed by atoms with van der Waals surface area (Å²) < 4.78 is 11.1. The fraction of sp³-hybridized carbons (Fsp3) is 0.350. The highest BCUT2D eigenvalue weighted by atomic mass is 32.1. The number of carbonyl (C=O) groups excluding carboxylic acids is 1. The number of nitrogens with one attached hydrogen (secondary N) is 1. The van der Waals surface area contributed by atoms with Gasteiger partial charge in [-0.25, -0.2) is 9.97 Å². The summed E-state index contributed by atoms with van der Waals surface area (Å²) in [6.07, 6.45) is 3.61. The highest BCUT2D eigenvalue weighted by molar-refractivity contribution is 7.21. The van der Waals surface area contributed by atoms with Crippen LogP contribution in [0, 0.1) is 5.92 Å². The molecule has 1 N–H and O–H groups in total. The summed E-state index contributed by atoms with van der Waals surface area (Å²) in [6, 6.07) is 9.38. The molecule has 0 bridgehead atoms. The van der Waals surface area contributed by atoms with E-state index in [1.54, 1.807) is 17.5 Å². The summed E-state index contributed by atoms with van der Waals surface area (Å²) in [4.78, 5) is 25.0. The van der Waals surface area contributed by atoms with Crippen LogP contribution in [0.2, 0.25) is 0 Å². The standard InChI is InChI=1S/C20H20N4O3S/c25-18(22-14-5-6-16-17(11-14)27-10-9-26-16)13-3-2-8-24(12-13)20-23-15-4-1-7-21-19(15)28-20/h1,4-7,11,13H,2-3,8-10,12H2,(H,22,25)/t13-/m1/s1. The number of aromatic nitrogens is 2. The number of fused-ring (bicyclic) bond motifs is 2. The number of pyridine rings is 1. The highest BCUT2D eigenvalue weighted by Gasteiger charge is 2.28. The Bertz CT molecular complexity index is 989. The number of piperidine rings is 1. The van der Waals surface area contributed by atoms with Gasteiger partial charge in [0, 0.05) is 31.0 Å². The predicted molar refractivity (Wildman–Crippen MR) is 108 cm³/mol. The van der Waals surface area contributed by atoms with Crippen molar-refractivity contribution in [2.75, 3.05) is 36.5 Å². The van der Waals surface area contributed by atoms with Crippen molar-refractivity contribution in [3.63, 3.8) is 0 Å². The molecule has 1 saturated heterocycles. The molecule has 5 rings (SSSR count). The van der Waals surface area contributed by atoms with Crippen LogP contribution in [-0.2, 0) is 4.79 Å². The molecule has 8 heteroatoms. The number of amides is 1. The normalized spacial score (nSPS) is 18.9. The molecule has 0 unspecified atom stereocenters. The van der Waals surface area contributed by atoms with Crippen molar-refractivity contribution in [2.24, 2.45) is 5.92 Å². The maximum atomic E-state index is 12.8. The zero-order valence-corrected chi connectivity index (χ0v) is 16.1.